The normalized spacial score (nSPS) is 38.7. The molecule has 0 aliphatic heterocycles. The first kappa shape index (κ1) is 27.0. The molecule has 0 saturated heterocycles. The number of allylic oxidation sites excluding steroid dienone is 3. The van der Waals surface area contributed by atoms with Crippen LogP contribution < -0.4 is 0 Å². The van der Waals surface area contributed by atoms with E-state index in [1.165, 1.54) is 11.1 Å². The van der Waals surface area contributed by atoms with Gasteiger partial charge in [-0.2, -0.15) is 26.3 Å². The lowest BCUT2D eigenvalue weighted by molar-refractivity contribution is -0.370. The maximum absolute atomic E-state index is 13.0. The van der Waals surface area contributed by atoms with Gasteiger partial charge in [-0.1, -0.05) is 50.5 Å². The highest BCUT2D eigenvalue weighted by Gasteiger charge is 2.69. The zero-order chi connectivity index (χ0) is 26.0. The van der Waals surface area contributed by atoms with Gasteiger partial charge < -0.3 is 10.2 Å². The van der Waals surface area contributed by atoms with Crippen molar-refractivity contribution in [1.29, 1.82) is 0 Å². The van der Waals surface area contributed by atoms with Gasteiger partial charge in [0.05, 0.1) is 6.10 Å². The van der Waals surface area contributed by atoms with Gasteiger partial charge in [0.15, 0.2) is 0 Å². The molecule has 7 atom stereocenters. The SMILES string of the molecule is C[C@H](CCCC(O)(C(F)(F)F)C(F)(F)F)[C@H]1CC[C@H]2C3=CC=C4C[C@@H](O)CC[C@]4(C)[C@H]3CC[C@]12C. The number of alkyl halides is 6. The predicted octanol–water partition coefficient (Wildman–Crippen LogP) is 7.51. The van der Waals surface area contributed by atoms with Gasteiger partial charge in [0, 0.05) is 0 Å². The van der Waals surface area contributed by atoms with Crippen molar-refractivity contribution in [2.24, 2.45) is 34.5 Å². The molecule has 4 aliphatic rings. The average molecular weight is 509 g/mol. The molecule has 4 aliphatic carbocycles. The Bertz CT molecular complexity index is 860. The van der Waals surface area contributed by atoms with Crippen molar-refractivity contribution in [3.8, 4) is 0 Å². The third kappa shape index (κ3) is 4.28. The number of halogens is 6. The average Bonchev–Trinajstić information content (AvgIpc) is 3.09. The van der Waals surface area contributed by atoms with E-state index in [4.69, 9.17) is 0 Å². The summed E-state index contributed by atoms with van der Waals surface area (Å²) in [6.07, 6.45) is -2.36. The van der Waals surface area contributed by atoms with Gasteiger partial charge in [0.25, 0.3) is 5.60 Å². The van der Waals surface area contributed by atoms with E-state index in [0.29, 0.717) is 11.8 Å². The molecule has 3 fully saturated rings. The van der Waals surface area contributed by atoms with Gasteiger partial charge in [-0.05, 0) is 92.3 Å². The quantitative estimate of drug-likeness (QED) is 0.377. The van der Waals surface area contributed by atoms with Crippen molar-refractivity contribution < 1.29 is 36.6 Å². The third-order valence-electron chi connectivity index (χ3n) is 10.4. The van der Waals surface area contributed by atoms with E-state index >= 15 is 0 Å². The van der Waals surface area contributed by atoms with Crippen LogP contribution >= 0.6 is 0 Å². The van der Waals surface area contributed by atoms with Crippen molar-refractivity contribution in [2.75, 3.05) is 0 Å². The van der Waals surface area contributed by atoms with Crippen LogP contribution in [0.5, 0.6) is 0 Å². The van der Waals surface area contributed by atoms with Crippen LogP contribution in [0.1, 0.15) is 85.0 Å². The topological polar surface area (TPSA) is 40.5 Å². The fraction of sp³-hybridized carbons (Fsp3) is 0.852. The van der Waals surface area contributed by atoms with Crippen molar-refractivity contribution in [1.82, 2.24) is 0 Å². The molecule has 0 bridgehead atoms. The number of rotatable bonds is 5. The largest absolute Gasteiger partial charge is 0.426 e. The molecule has 0 radical (unpaired) electrons. The van der Waals surface area contributed by atoms with Crippen LogP contribution in [0.25, 0.3) is 0 Å². The second-order valence-corrected chi connectivity index (χ2v) is 12.2. The molecular weight excluding hydrogens is 470 g/mol. The lowest BCUT2D eigenvalue weighted by Gasteiger charge is -2.55. The summed E-state index contributed by atoms with van der Waals surface area (Å²) in [5.74, 6) is 1.02. The van der Waals surface area contributed by atoms with Crippen molar-refractivity contribution in [2.45, 2.75) is 109 Å². The summed E-state index contributed by atoms with van der Waals surface area (Å²) in [6, 6.07) is 0. The fourth-order valence-corrected chi connectivity index (χ4v) is 8.28. The first-order valence-electron chi connectivity index (χ1n) is 13.0. The standard InChI is InChI=1S/C27H38F6O2/c1-16(5-4-12-25(35,26(28,29)30)27(31,32)33)20-8-9-21-19-7-6-17-15-18(34)10-13-23(17,2)22(19)11-14-24(20,21)3/h6-7,16,18,20-22,34-35H,4-5,8-15H2,1-3H3/t16-,18+,20-,21+,22+,23+,24-/m1/s1. The minimum absolute atomic E-state index is 0.0250. The number of aliphatic hydroxyl groups excluding tert-OH is 1. The van der Waals surface area contributed by atoms with Gasteiger partial charge in [-0.25, -0.2) is 0 Å². The van der Waals surface area contributed by atoms with Crippen LogP contribution in [0.15, 0.2) is 23.3 Å². The fourth-order valence-electron chi connectivity index (χ4n) is 8.28. The molecule has 0 heterocycles. The maximum Gasteiger partial charge on any atom is 0.426 e. The molecule has 0 aromatic rings. The molecule has 3 saturated carbocycles. The molecule has 0 unspecified atom stereocenters. The molecule has 0 aromatic heterocycles. The summed E-state index contributed by atoms with van der Waals surface area (Å²) in [4.78, 5) is 0. The molecule has 4 rings (SSSR count). The second kappa shape index (κ2) is 8.78. The molecule has 200 valence electrons. The van der Waals surface area contributed by atoms with Crippen LogP contribution in [0.4, 0.5) is 26.3 Å². The summed E-state index contributed by atoms with van der Waals surface area (Å²) < 4.78 is 78.3. The number of hydrogen-bond donors (Lipinski definition) is 2. The van der Waals surface area contributed by atoms with E-state index in [-0.39, 0.29) is 41.6 Å². The van der Waals surface area contributed by atoms with E-state index in [9.17, 15) is 36.6 Å². The molecule has 8 heteroatoms. The van der Waals surface area contributed by atoms with E-state index in [0.717, 1.165) is 44.9 Å². The van der Waals surface area contributed by atoms with E-state index in [1.807, 2.05) is 6.92 Å². The van der Waals surface area contributed by atoms with E-state index < -0.39 is 24.4 Å². The molecule has 0 aromatic carbocycles. The van der Waals surface area contributed by atoms with E-state index in [1.54, 1.807) is 0 Å². The first-order chi connectivity index (χ1) is 16.0. The maximum atomic E-state index is 13.0. The highest BCUT2D eigenvalue weighted by Crippen LogP contribution is 2.66. The van der Waals surface area contributed by atoms with Crippen LogP contribution in [0.2, 0.25) is 0 Å². The smallest absolute Gasteiger partial charge is 0.393 e. The van der Waals surface area contributed by atoms with Crippen LogP contribution in [-0.2, 0) is 0 Å². The molecule has 35 heavy (non-hydrogen) atoms. The van der Waals surface area contributed by atoms with Crippen molar-refractivity contribution >= 4 is 0 Å². The zero-order valence-corrected chi connectivity index (χ0v) is 20.8. The van der Waals surface area contributed by atoms with Crippen molar-refractivity contribution in [3.05, 3.63) is 23.3 Å². The Morgan fingerprint density at radius 3 is 2.23 bits per heavy atom. The van der Waals surface area contributed by atoms with Gasteiger partial charge in [0.2, 0.25) is 0 Å². The summed E-state index contributed by atoms with van der Waals surface area (Å²) in [6.45, 7) is 6.53. The highest BCUT2D eigenvalue weighted by molar-refractivity contribution is 5.38. The Balaban J connectivity index is 1.46. The lowest BCUT2D eigenvalue weighted by Crippen LogP contribution is -2.56. The summed E-state index contributed by atoms with van der Waals surface area (Å²) in [7, 11) is 0. The van der Waals surface area contributed by atoms with Gasteiger partial charge in [0.1, 0.15) is 0 Å². The van der Waals surface area contributed by atoms with Gasteiger partial charge in [-0.3, -0.25) is 0 Å². The summed E-state index contributed by atoms with van der Waals surface area (Å²) in [5.41, 5.74) is -1.83. The molecule has 2 N–H and O–H groups in total. The lowest BCUT2D eigenvalue weighted by atomic mass is 9.50. The van der Waals surface area contributed by atoms with Gasteiger partial charge in [-0.15, -0.1) is 0 Å². The Morgan fingerprint density at radius 2 is 1.60 bits per heavy atom. The van der Waals surface area contributed by atoms with E-state index in [2.05, 4.69) is 26.0 Å². The Morgan fingerprint density at radius 1 is 0.943 bits per heavy atom. The molecule has 0 amide bonds. The first-order valence-corrected chi connectivity index (χ1v) is 13.0. The zero-order valence-electron chi connectivity index (χ0n) is 20.8. The Labute approximate surface area is 203 Å². The second-order valence-electron chi connectivity index (χ2n) is 12.2. The van der Waals surface area contributed by atoms with Gasteiger partial charge >= 0.3 is 12.4 Å². The Kier molecular flexibility index (Phi) is 6.78. The third-order valence-corrected chi connectivity index (χ3v) is 10.4. The summed E-state index contributed by atoms with van der Waals surface area (Å²) >= 11 is 0. The number of hydrogen-bond acceptors (Lipinski definition) is 2. The molecular formula is C27H38F6O2. The minimum atomic E-state index is -5.75. The van der Waals surface area contributed by atoms with Crippen LogP contribution in [0.3, 0.4) is 0 Å². The van der Waals surface area contributed by atoms with Crippen LogP contribution in [0, 0.1) is 34.5 Å². The van der Waals surface area contributed by atoms with Crippen molar-refractivity contribution in [3.63, 3.8) is 0 Å². The predicted molar refractivity (Wildman–Crippen MR) is 121 cm³/mol. The highest BCUT2D eigenvalue weighted by atomic mass is 19.4. The molecule has 2 nitrogen and oxygen atoms in total. The van der Waals surface area contributed by atoms with Crippen LogP contribution in [-0.4, -0.2) is 34.3 Å². The monoisotopic (exact) mass is 508 g/mol. The minimum Gasteiger partial charge on any atom is -0.393 e. The number of aliphatic hydroxyl groups is 2. The summed E-state index contributed by atoms with van der Waals surface area (Å²) in [5, 5.41) is 19.6. The molecule has 0 spiro atoms. The number of fused-ring (bicyclic) bond motifs is 5. The Hall–Kier alpha value is -1.02.